The van der Waals surface area contributed by atoms with E-state index in [0.29, 0.717) is 5.92 Å². The molecule has 2 bridgehead atoms. The van der Waals surface area contributed by atoms with Gasteiger partial charge in [0, 0.05) is 12.1 Å². The summed E-state index contributed by atoms with van der Waals surface area (Å²) in [6.07, 6.45) is 5.38. The smallest absolute Gasteiger partial charge is 0.258 e. The summed E-state index contributed by atoms with van der Waals surface area (Å²) in [5, 5.41) is 20.2. The van der Waals surface area contributed by atoms with E-state index in [1.807, 2.05) is 0 Å². The molecule has 3 unspecified atom stereocenters. The van der Waals surface area contributed by atoms with E-state index in [9.17, 15) is 15.4 Å². The molecule has 19 heavy (non-hydrogen) atoms. The number of nitro benzene ring substituents is 1. The number of fused-ring (bicyclic) bond motifs is 2. The van der Waals surface area contributed by atoms with E-state index in [0.717, 1.165) is 24.3 Å². The molecule has 4 heteroatoms. The fraction of sp³-hybridized carbons (Fsp3) is 0.533. The van der Waals surface area contributed by atoms with Crippen molar-refractivity contribution in [2.24, 2.45) is 17.3 Å². The van der Waals surface area contributed by atoms with E-state index in [1.54, 1.807) is 12.1 Å². The predicted octanol–water partition coefficient (Wildman–Crippen LogP) is 3.47. The summed E-state index contributed by atoms with van der Waals surface area (Å²) in [5.41, 5.74) is 0.932. The number of nitriles is 1. The average Bonchev–Trinajstić information content (AvgIpc) is 3.00. The van der Waals surface area contributed by atoms with Crippen LogP contribution in [0.4, 0.5) is 5.69 Å². The summed E-state index contributed by atoms with van der Waals surface area (Å²) in [4.78, 5) is 10.2. The zero-order chi connectivity index (χ0) is 13.5. The van der Waals surface area contributed by atoms with Gasteiger partial charge in [-0.1, -0.05) is 18.6 Å². The molecule has 1 aromatic rings. The van der Waals surface area contributed by atoms with Crippen molar-refractivity contribution in [3.05, 3.63) is 39.9 Å². The van der Waals surface area contributed by atoms with Crippen LogP contribution in [0.3, 0.4) is 0 Å². The van der Waals surface area contributed by atoms with Crippen molar-refractivity contribution >= 4 is 5.69 Å². The number of rotatable bonds is 3. The lowest BCUT2D eigenvalue weighted by molar-refractivity contribution is -0.384. The third-order valence-corrected chi connectivity index (χ3v) is 4.87. The maximum absolute atomic E-state index is 10.6. The van der Waals surface area contributed by atoms with E-state index in [1.165, 1.54) is 31.4 Å². The number of benzene rings is 1. The van der Waals surface area contributed by atoms with Crippen LogP contribution in [0, 0.1) is 38.7 Å². The zero-order valence-electron chi connectivity index (χ0n) is 10.7. The Labute approximate surface area is 112 Å². The van der Waals surface area contributed by atoms with E-state index < -0.39 is 0 Å². The van der Waals surface area contributed by atoms with E-state index >= 15 is 0 Å². The van der Waals surface area contributed by atoms with Gasteiger partial charge in [0.1, 0.15) is 0 Å². The van der Waals surface area contributed by atoms with Gasteiger partial charge in [-0.25, -0.2) is 0 Å². The summed E-state index contributed by atoms with van der Waals surface area (Å²) in [6, 6.07) is 9.22. The molecule has 2 saturated carbocycles. The van der Waals surface area contributed by atoms with E-state index in [2.05, 4.69) is 6.07 Å². The van der Waals surface area contributed by atoms with Crippen LogP contribution >= 0.6 is 0 Å². The molecule has 3 rings (SSSR count). The molecule has 3 atom stereocenters. The molecule has 2 aliphatic carbocycles. The Kier molecular flexibility index (Phi) is 2.78. The maximum Gasteiger partial charge on any atom is 0.269 e. The molecule has 0 spiro atoms. The van der Waals surface area contributed by atoms with Crippen molar-refractivity contribution in [2.75, 3.05) is 0 Å². The minimum atomic E-state index is -0.388. The first-order chi connectivity index (χ1) is 9.13. The molecule has 0 amide bonds. The zero-order valence-corrected chi connectivity index (χ0v) is 10.7. The van der Waals surface area contributed by atoms with Crippen LogP contribution < -0.4 is 0 Å². The van der Waals surface area contributed by atoms with Gasteiger partial charge in [0.2, 0.25) is 0 Å². The van der Waals surface area contributed by atoms with Crippen LogP contribution in [0.2, 0.25) is 0 Å². The summed E-state index contributed by atoms with van der Waals surface area (Å²) in [7, 11) is 0. The van der Waals surface area contributed by atoms with Gasteiger partial charge >= 0.3 is 0 Å². The second-order valence-corrected chi connectivity index (χ2v) is 5.95. The highest BCUT2D eigenvalue weighted by Crippen LogP contribution is 2.56. The summed E-state index contributed by atoms with van der Waals surface area (Å²) >= 11 is 0. The second-order valence-electron chi connectivity index (χ2n) is 5.95. The Morgan fingerprint density at radius 2 is 2.11 bits per heavy atom. The van der Waals surface area contributed by atoms with Gasteiger partial charge in [-0.3, -0.25) is 10.1 Å². The third-order valence-electron chi connectivity index (χ3n) is 4.87. The van der Waals surface area contributed by atoms with E-state index in [-0.39, 0.29) is 16.0 Å². The fourth-order valence-corrected chi connectivity index (χ4v) is 3.94. The summed E-state index contributed by atoms with van der Waals surface area (Å²) < 4.78 is 0. The lowest BCUT2D eigenvalue weighted by Gasteiger charge is -2.31. The van der Waals surface area contributed by atoms with Crippen molar-refractivity contribution in [3.8, 4) is 6.07 Å². The number of nitrogens with zero attached hydrogens (tertiary/aromatic N) is 2. The van der Waals surface area contributed by atoms with Gasteiger partial charge in [0.05, 0.1) is 16.4 Å². The minimum absolute atomic E-state index is 0.114. The summed E-state index contributed by atoms with van der Waals surface area (Å²) in [6.45, 7) is 0. The minimum Gasteiger partial charge on any atom is -0.258 e. The van der Waals surface area contributed by atoms with Crippen molar-refractivity contribution in [3.63, 3.8) is 0 Å². The van der Waals surface area contributed by atoms with Crippen molar-refractivity contribution < 1.29 is 4.92 Å². The lowest BCUT2D eigenvalue weighted by atomic mass is 9.70. The topological polar surface area (TPSA) is 66.9 Å². The lowest BCUT2D eigenvalue weighted by Crippen LogP contribution is -2.28. The average molecular weight is 256 g/mol. The molecular formula is C15H16N2O2. The molecule has 0 aliphatic heterocycles. The quantitative estimate of drug-likeness (QED) is 0.614. The normalized spacial score (nSPS) is 32.2. The Balaban J connectivity index is 1.81. The fourth-order valence-electron chi connectivity index (χ4n) is 3.94. The highest BCUT2D eigenvalue weighted by Gasteiger charge is 2.51. The van der Waals surface area contributed by atoms with Gasteiger partial charge in [-0.05, 0) is 43.1 Å². The van der Waals surface area contributed by atoms with Crippen molar-refractivity contribution in [1.82, 2.24) is 0 Å². The van der Waals surface area contributed by atoms with Crippen molar-refractivity contribution in [1.29, 1.82) is 5.26 Å². The number of nitro groups is 1. The van der Waals surface area contributed by atoms with Crippen LogP contribution in [-0.2, 0) is 6.42 Å². The molecular weight excluding hydrogens is 240 g/mol. The van der Waals surface area contributed by atoms with Gasteiger partial charge in [0.25, 0.3) is 5.69 Å². The highest BCUT2D eigenvalue weighted by molar-refractivity contribution is 5.34. The molecule has 0 heterocycles. The molecule has 0 aromatic heterocycles. The molecule has 0 N–H and O–H groups in total. The van der Waals surface area contributed by atoms with Gasteiger partial charge in [-0.15, -0.1) is 0 Å². The number of hydrogen-bond acceptors (Lipinski definition) is 3. The molecule has 98 valence electrons. The Morgan fingerprint density at radius 3 is 2.58 bits per heavy atom. The first-order valence-corrected chi connectivity index (χ1v) is 6.77. The Hall–Kier alpha value is -1.89. The van der Waals surface area contributed by atoms with Gasteiger partial charge < -0.3 is 0 Å². The van der Waals surface area contributed by atoms with Crippen LogP contribution in [0.15, 0.2) is 24.3 Å². The molecule has 0 saturated heterocycles. The van der Waals surface area contributed by atoms with Crippen LogP contribution in [-0.4, -0.2) is 4.92 Å². The standard InChI is InChI=1S/C15H16N2O2/c16-10-15(9-12-1-4-13(15)7-12)8-11-2-5-14(6-3-11)17(18)19/h2-3,5-6,12-13H,1,4,7-9H2. The van der Waals surface area contributed by atoms with Gasteiger partial charge in [0.15, 0.2) is 0 Å². The predicted molar refractivity (Wildman–Crippen MR) is 70.3 cm³/mol. The summed E-state index contributed by atoms with van der Waals surface area (Å²) in [5.74, 6) is 1.25. The van der Waals surface area contributed by atoms with E-state index in [4.69, 9.17) is 0 Å². The number of non-ortho nitro benzene ring substituents is 1. The first-order valence-electron chi connectivity index (χ1n) is 6.77. The molecule has 2 aliphatic rings. The largest absolute Gasteiger partial charge is 0.269 e. The third kappa shape index (κ3) is 1.99. The van der Waals surface area contributed by atoms with Crippen LogP contribution in [0.25, 0.3) is 0 Å². The second kappa shape index (κ2) is 4.34. The Bertz CT molecular complexity index is 546. The van der Waals surface area contributed by atoms with Crippen LogP contribution in [0.5, 0.6) is 0 Å². The van der Waals surface area contributed by atoms with Gasteiger partial charge in [-0.2, -0.15) is 5.26 Å². The molecule has 4 nitrogen and oxygen atoms in total. The molecule has 0 radical (unpaired) electrons. The highest BCUT2D eigenvalue weighted by atomic mass is 16.6. The van der Waals surface area contributed by atoms with Crippen molar-refractivity contribution in [2.45, 2.75) is 32.1 Å². The molecule has 1 aromatic carbocycles. The SMILES string of the molecule is N#CC1(Cc2ccc([N+](=O)[O-])cc2)CC2CCC1C2. The Morgan fingerprint density at radius 1 is 1.37 bits per heavy atom. The monoisotopic (exact) mass is 256 g/mol. The molecule has 2 fully saturated rings. The maximum atomic E-state index is 10.6. The first kappa shape index (κ1) is 12.2. The number of hydrogen-bond donors (Lipinski definition) is 0. The van der Waals surface area contributed by atoms with Crippen LogP contribution in [0.1, 0.15) is 31.2 Å².